The van der Waals surface area contributed by atoms with E-state index >= 15 is 0 Å². The highest BCUT2D eigenvalue weighted by Crippen LogP contribution is 2.15. The topological polar surface area (TPSA) is 74.3 Å². The highest BCUT2D eigenvalue weighted by Gasteiger charge is 2.16. The Labute approximate surface area is 128 Å². The van der Waals surface area contributed by atoms with E-state index in [0.717, 1.165) is 30.2 Å². The molecule has 3 heterocycles. The van der Waals surface area contributed by atoms with Crippen molar-refractivity contribution in [1.82, 2.24) is 35.0 Å². The summed E-state index contributed by atoms with van der Waals surface area (Å²) < 4.78 is 2.21. The molecule has 3 aromatic rings. The third-order valence-corrected chi connectivity index (χ3v) is 3.95. The van der Waals surface area contributed by atoms with Gasteiger partial charge in [0.2, 0.25) is 5.82 Å². The molecule has 0 radical (unpaired) electrons. The van der Waals surface area contributed by atoms with Crippen molar-refractivity contribution in [1.29, 1.82) is 0 Å². The average molecular weight is 295 g/mol. The van der Waals surface area contributed by atoms with E-state index in [0.29, 0.717) is 12.4 Å². The smallest absolute Gasteiger partial charge is 0.204 e. The zero-order valence-corrected chi connectivity index (χ0v) is 12.3. The molecule has 0 unspecified atom stereocenters. The van der Waals surface area contributed by atoms with E-state index in [2.05, 4.69) is 30.2 Å². The van der Waals surface area contributed by atoms with Crippen LogP contribution < -0.4 is 0 Å². The summed E-state index contributed by atoms with van der Waals surface area (Å²) in [4.78, 5) is 1.59. The van der Waals surface area contributed by atoms with E-state index in [1.807, 2.05) is 30.3 Å². The van der Waals surface area contributed by atoms with Crippen molar-refractivity contribution in [3.63, 3.8) is 0 Å². The Kier molecular flexibility index (Phi) is 3.38. The number of hydrogen-bond acceptors (Lipinski definition) is 5. The number of tetrazole rings is 1. The first-order valence-corrected chi connectivity index (χ1v) is 7.64. The highest BCUT2D eigenvalue weighted by molar-refractivity contribution is 5.52. The van der Waals surface area contributed by atoms with Crippen LogP contribution in [0, 0.1) is 0 Å². The van der Waals surface area contributed by atoms with Gasteiger partial charge in [-0.3, -0.25) is 0 Å². The van der Waals surface area contributed by atoms with Gasteiger partial charge in [0.15, 0.2) is 5.82 Å². The van der Waals surface area contributed by atoms with Crippen LogP contribution in [0.25, 0.3) is 11.4 Å². The van der Waals surface area contributed by atoms with Crippen molar-refractivity contribution in [2.24, 2.45) is 0 Å². The third kappa shape index (κ3) is 2.49. The zero-order valence-electron chi connectivity index (χ0n) is 12.3. The van der Waals surface area contributed by atoms with Gasteiger partial charge < -0.3 is 4.57 Å². The van der Waals surface area contributed by atoms with E-state index in [4.69, 9.17) is 0 Å². The monoisotopic (exact) mass is 295 g/mol. The lowest BCUT2D eigenvalue weighted by molar-refractivity contribution is 0.519. The third-order valence-electron chi connectivity index (χ3n) is 3.95. The molecule has 1 aromatic carbocycles. The molecular weight excluding hydrogens is 278 g/mol. The highest BCUT2D eigenvalue weighted by atomic mass is 15.6. The Morgan fingerprint density at radius 1 is 0.955 bits per heavy atom. The van der Waals surface area contributed by atoms with E-state index < -0.39 is 0 Å². The fourth-order valence-electron chi connectivity index (χ4n) is 2.80. The molecule has 0 saturated heterocycles. The molecule has 0 saturated carbocycles. The van der Waals surface area contributed by atoms with E-state index in [9.17, 15) is 0 Å². The Morgan fingerprint density at radius 2 is 1.86 bits per heavy atom. The van der Waals surface area contributed by atoms with E-state index in [-0.39, 0.29) is 0 Å². The first-order valence-electron chi connectivity index (χ1n) is 7.64. The number of benzene rings is 1. The second kappa shape index (κ2) is 5.67. The van der Waals surface area contributed by atoms with Gasteiger partial charge in [-0.05, 0) is 18.1 Å². The molecule has 2 aromatic heterocycles. The number of aromatic nitrogens is 7. The standard InChI is InChI=1S/C15H17N7/c1-3-7-12(8-4-1)15-18-20-22(19-15)11-14-17-16-13-9-5-2-6-10-21(13)14/h1,3-4,7-8H,2,5-6,9-11H2. The summed E-state index contributed by atoms with van der Waals surface area (Å²) in [5.41, 5.74) is 0.967. The average Bonchev–Trinajstić information content (AvgIpc) is 3.10. The van der Waals surface area contributed by atoms with Gasteiger partial charge in [0.05, 0.1) is 0 Å². The van der Waals surface area contributed by atoms with Crippen LogP contribution in [-0.4, -0.2) is 35.0 Å². The molecule has 0 amide bonds. The molecule has 1 aliphatic heterocycles. The van der Waals surface area contributed by atoms with Gasteiger partial charge in [0.1, 0.15) is 12.4 Å². The summed E-state index contributed by atoms with van der Waals surface area (Å²) in [6.45, 7) is 1.49. The molecule has 0 atom stereocenters. The number of nitrogens with zero attached hydrogens (tertiary/aromatic N) is 7. The van der Waals surface area contributed by atoms with Gasteiger partial charge >= 0.3 is 0 Å². The van der Waals surface area contributed by atoms with Crippen molar-refractivity contribution in [3.8, 4) is 11.4 Å². The van der Waals surface area contributed by atoms with Gasteiger partial charge in [-0.25, -0.2) is 0 Å². The van der Waals surface area contributed by atoms with Crippen molar-refractivity contribution in [3.05, 3.63) is 42.0 Å². The van der Waals surface area contributed by atoms with Crippen LogP contribution in [-0.2, 0) is 19.5 Å². The molecule has 112 valence electrons. The lowest BCUT2D eigenvalue weighted by atomic mass is 10.2. The van der Waals surface area contributed by atoms with Crippen molar-refractivity contribution in [2.75, 3.05) is 0 Å². The molecule has 0 aliphatic carbocycles. The summed E-state index contributed by atoms with van der Waals surface area (Å²) >= 11 is 0. The minimum Gasteiger partial charge on any atom is -0.313 e. The van der Waals surface area contributed by atoms with Crippen molar-refractivity contribution < 1.29 is 0 Å². The predicted octanol–water partition coefficient (Wildman–Crippen LogP) is 1.71. The summed E-state index contributed by atoms with van der Waals surface area (Å²) in [7, 11) is 0. The van der Waals surface area contributed by atoms with Gasteiger partial charge in [-0.2, -0.15) is 4.80 Å². The maximum absolute atomic E-state index is 4.44. The van der Waals surface area contributed by atoms with Crippen LogP contribution in [0.5, 0.6) is 0 Å². The fraction of sp³-hybridized carbons (Fsp3) is 0.400. The van der Waals surface area contributed by atoms with Crippen LogP contribution in [0.4, 0.5) is 0 Å². The van der Waals surface area contributed by atoms with Gasteiger partial charge in [0.25, 0.3) is 0 Å². The lowest BCUT2D eigenvalue weighted by Crippen LogP contribution is -2.12. The Balaban J connectivity index is 1.57. The van der Waals surface area contributed by atoms with Gasteiger partial charge in [0, 0.05) is 18.5 Å². The Morgan fingerprint density at radius 3 is 2.77 bits per heavy atom. The van der Waals surface area contributed by atoms with Crippen molar-refractivity contribution >= 4 is 0 Å². The fourth-order valence-corrected chi connectivity index (χ4v) is 2.80. The minimum absolute atomic E-state index is 0.507. The summed E-state index contributed by atoms with van der Waals surface area (Å²) in [5, 5.41) is 21.3. The largest absolute Gasteiger partial charge is 0.313 e. The van der Waals surface area contributed by atoms with Crippen LogP contribution >= 0.6 is 0 Å². The quantitative estimate of drug-likeness (QED) is 0.735. The SMILES string of the molecule is c1ccc(-c2nnn(Cc3nnc4n3CCCCC4)n2)cc1. The molecule has 22 heavy (non-hydrogen) atoms. The molecule has 1 aliphatic rings. The van der Waals surface area contributed by atoms with Crippen LogP contribution in [0.3, 0.4) is 0 Å². The zero-order chi connectivity index (χ0) is 14.8. The van der Waals surface area contributed by atoms with Crippen LogP contribution in [0.1, 0.15) is 30.9 Å². The molecule has 0 fully saturated rings. The second-order valence-electron chi connectivity index (χ2n) is 5.50. The number of fused-ring (bicyclic) bond motifs is 1. The predicted molar refractivity (Wildman–Crippen MR) is 79.9 cm³/mol. The molecule has 4 rings (SSSR count). The molecular formula is C15H17N7. The number of aryl methyl sites for hydroxylation is 1. The van der Waals surface area contributed by atoms with E-state index in [1.54, 1.807) is 4.80 Å². The van der Waals surface area contributed by atoms with Crippen LogP contribution in [0.15, 0.2) is 30.3 Å². The molecule has 0 spiro atoms. The van der Waals surface area contributed by atoms with Crippen LogP contribution in [0.2, 0.25) is 0 Å². The first-order chi connectivity index (χ1) is 10.9. The molecule has 7 heteroatoms. The van der Waals surface area contributed by atoms with Gasteiger partial charge in [-0.1, -0.05) is 36.8 Å². The number of rotatable bonds is 3. The molecule has 0 N–H and O–H groups in total. The first kappa shape index (κ1) is 13.1. The maximum atomic E-state index is 4.44. The van der Waals surface area contributed by atoms with E-state index in [1.165, 1.54) is 19.3 Å². The second-order valence-corrected chi connectivity index (χ2v) is 5.50. The summed E-state index contributed by atoms with van der Waals surface area (Å²) in [5.74, 6) is 2.63. The number of hydrogen-bond donors (Lipinski definition) is 0. The summed E-state index contributed by atoms with van der Waals surface area (Å²) in [6.07, 6.45) is 4.63. The normalized spacial score (nSPS) is 14.5. The van der Waals surface area contributed by atoms with Gasteiger partial charge in [-0.15, -0.1) is 20.4 Å². The molecule has 0 bridgehead atoms. The maximum Gasteiger partial charge on any atom is 0.204 e. The minimum atomic E-state index is 0.507. The van der Waals surface area contributed by atoms with Crippen molar-refractivity contribution in [2.45, 2.75) is 38.8 Å². The summed E-state index contributed by atoms with van der Waals surface area (Å²) in [6, 6.07) is 9.86. The Bertz CT molecular complexity index is 759. The lowest BCUT2D eigenvalue weighted by Gasteiger charge is -2.05. The molecule has 7 nitrogen and oxygen atoms in total. The Hall–Kier alpha value is -2.57.